The number of methoxy groups -OCH3 is 3. The molecule has 0 spiro atoms. The van der Waals surface area contributed by atoms with Crippen molar-refractivity contribution in [3.8, 4) is 17.2 Å². The normalized spacial score (nSPS) is 10.2. The molecule has 11 nitrogen and oxygen atoms in total. The van der Waals surface area contributed by atoms with Crippen LogP contribution in [0.25, 0.3) is 0 Å². The molecule has 33 heavy (non-hydrogen) atoms. The van der Waals surface area contributed by atoms with Crippen LogP contribution in [0.5, 0.6) is 17.2 Å². The molecule has 2 amide bonds. The van der Waals surface area contributed by atoms with E-state index in [0.29, 0.717) is 53.5 Å². The van der Waals surface area contributed by atoms with Gasteiger partial charge in [0.25, 0.3) is 0 Å². The Balaban J connectivity index is 1.49. The maximum absolute atomic E-state index is 12.3. The number of nitrogens with zero attached hydrogens (tertiary/aromatic N) is 3. The first-order valence-corrected chi connectivity index (χ1v) is 10.1. The smallest absolute Gasteiger partial charge is 0.319 e. The van der Waals surface area contributed by atoms with Crippen molar-refractivity contribution in [1.29, 1.82) is 0 Å². The molecule has 3 rings (SSSR count). The average Bonchev–Trinajstić information content (AvgIpc) is 2.81. The molecule has 11 heteroatoms. The predicted octanol–water partition coefficient (Wildman–Crippen LogP) is 3.18. The lowest BCUT2D eigenvalue weighted by molar-refractivity contribution is 0.252. The van der Waals surface area contributed by atoms with Gasteiger partial charge in [0.2, 0.25) is 5.75 Å². The summed E-state index contributed by atoms with van der Waals surface area (Å²) in [5.41, 5.74) is 1.60. The molecule has 174 valence electrons. The third kappa shape index (κ3) is 6.60. The molecule has 1 aromatic carbocycles. The fourth-order valence-corrected chi connectivity index (χ4v) is 2.95. The number of urea groups is 1. The summed E-state index contributed by atoms with van der Waals surface area (Å²) < 4.78 is 15.9. The lowest BCUT2D eigenvalue weighted by Gasteiger charge is -2.15. The zero-order valence-corrected chi connectivity index (χ0v) is 18.9. The minimum absolute atomic E-state index is 0.364. The lowest BCUT2D eigenvalue weighted by atomic mass is 10.2. The average molecular weight is 454 g/mol. The molecule has 0 atom stereocenters. The first-order valence-electron chi connectivity index (χ1n) is 10.1. The zero-order valence-electron chi connectivity index (χ0n) is 18.9. The third-order valence-corrected chi connectivity index (χ3v) is 4.48. The molecule has 0 radical (unpaired) electrons. The predicted molar refractivity (Wildman–Crippen MR) is 126 cm³/mol. The zero-order chi connectivity index (χ0) is 23.6. The number of pyridine rings is 1. The SMILES string of the molecule is COc1cc(NC(=O)NCCNc2cc(Nc3cc(C)ccn3)ncn2)cc(OC)c1OC. The molecule has 0 fully saturated rings. The van der Waals surface area contributed by atoms with E-state index in [1.807, 2.05) is 19.1 Å². The van der Waals surface area contributed by atoms with Gasteiger partial charge >= 0.3 is 6.03 Å². The number of benzene rings is 1. The van der Waals surface area contributed by atoms with Crippen LogP contribution in [0.1, 0.15) is 5.56 Å². The van der Waals surface area contributed by atoms with Gasteiger partial charge in [-0.1, -0.05) is 0 Å². The first kappa shape index (κ1) is 23.4. The molecule has 0 aliphatic rings. The van der Waals surface area contributed by atoms with Crippen LogP contribution < -0.4 is 35.5 Å². The van der Waals surface area contributed by atoms with Gasteiger partial charge < -0.3 is 35.5 Å². The van der Waals surface area contributed by atoms with Crippen LogP contribution in [-0.2, 0) is 0 Å². The third-order valence-electron chi connectivity index (χ3n) is 4.48. The van der Waals surface area contributed by atoms with E-state index in [4.69, 9.17) is 14.2 Å². The summed E-state index contributed by atoms with van der Waals surface area (Å²) in [5, 5.41) is 11.8. The van der Waals surface area contributed by atoms with Crippen LogP contribution in [0.2, 0.25) is 0 Å². The molecule has 4 N–H and O–H groups in total. The van der Waals surface area contributed by atoms with Gasteiger partial charge in [0.1, 0.15) is 23.8 Å². The monoisotopic (exact) mass is 453 g/mol. The molecule has 3 aromatic rings. The highest BCUT2D eigenvalue weighted by molar-refractivity contribution is 5.90. The van der Waals surface area contributed by atoms with E-state index in [2.05, 4.69) is 36.2 Å². The lowest BCUT2D eigenvalue weighted by Crippen LogP contribution is -2.32. The van der Waals surface area contributed by atoms with E-state index >= 15 is 0 Å². The van der Waals surface area contributed by atoms with Crippen molar-refractivity contribution in [1.82, 2.24) is 20.3 Å². The summed E-state index contributed by atoms with van der Waals surface area (Å²) in [5.74, 6) is 3.27. The maximum atomic E-state index is 12.3. The van der Waals surface area contributed by atoms with Gasteiger partial charge in [-0.2, -0.15) is 0 Å². The van der Waals surface area contributed by atoms with Crippen molar-refractivity contribution in [2.75, 3.05) is 50.4 Å². The Hall–Kier alpha value is -4.28. The van der Waals surface area contributed by atoms with Gasteiger partial charge in [-0.25, -0.2) is 19.7 Å². The molecule has 2 heterocycles. The van der Waals surface area contributed by atoms with Crippen LogP contribution in [0, 0.1) is 6.92 Å². The van der Waals surface area contributed by atoms with E-state index in [-0.39, 0.29) is 6.03 Å². The summed E-state index contributed by atoms with van der Waals surface area (Å²) >= 11 is 0. The van der Waals surface area contributed by atoms with E-state index in [9.17, 15) is 4.79 Å². The fraction of sp³-hybridized carbons (Fsp3) is 0.273. The van der Waals surface area contributed by atoms with Gasteiger partial charge in [-0.3, -0.25) is 0 Å². The molecule has 0 aliphatic carbocycles. The second kappa shape index (κ2) is 11.4. The second-order valence-electron chi connectivity index (χ2n) is 6.85. The van der Waals surface area contributed by atoms with Crippen molar-refractivity contribution >= 4 is 29.2 Å². The number of nitrogens with one attached hydrogen (secondary N) is 4. The summed E-state index contributed by atoms with van der Waals surface area (Å²) in [6.45, 7) is 2.81. The fourth-order valence-electron chi connectivity index (χ4n) is 2.95. The number of amides is 2. The van der Waals surface area contributed by atoms with E-state index in [1.165, 1.54) is 27.7 Å². The van der Waals surface area contributed by atoms with Gasteiger partial charge in [0.05, 0.1) is 27.0 Å². The van der Waals surface area contributed by atoms with Crippen molar-refractivity contribution in [3.05, 3.63) is 48.4 Å². The quantitative estimate of drug-likeness (QED) is 0.342. The Kier molecular flexibility index (Phi) is 8.06. The van der Waals surface area contributed by atoms with Crippen LogP contribution in [-0.4, -0.2) is 55.4 Å². The number of aryl methyl sites for hydroxylation is 1. The molecule has 0 unspecified atom stereocenters. The summed E-state index contributed by atoms with van der Waals surface area (Å²) in [6.07, 6.45) is 3.18. The van der Waals surface area contributed by atoms with Gasteiger partial charge in [0, 0.05) is 37.5 Å². The highest BCUT2D eigenvalue weighted by atomic mass is 16.5. The number of carbonyl (C=O) groups is 1. The minimum atomic E-state index is -0.373. The number of ether oxygens (including phenoxy) is 3. The number of anilines is 4. The Morgan fingerprint density at radius 3 is 2.24 bits per heavy atom. The van der Waals surface area contributed by atoms with Crippen molar-refractivity contribution in [2.24, 2.45) is 0 Å². The molecule has 0 bridgehead atoms. The van der Waals surface area contributed by atoms with Crippen LogP contribution in [0.15, 0.2) is 42.9 Å². The highest BCUT2D eigenvalue weighted by Gasteiger charge is 2.14. The standard InChI is InChI=1S/C22H27N7O4/c1-14-5-6-23-19(9-14)29-20-12-18(26-13-27-20)24-7-8-25-22(30)28-15-10-16(31-2)21(33-4)17(11-15)32-3/h5-6,9-13H,7-8H2,1-4H3,(H2,25,28,30)(H2,23,24,26,27,29). The molecule has 0 aliphatic heterocycles. The van der Waals surface area contributed by atoms with E-state index < -0.39 is 0 Å². The largest absolute Gasteiger partial charge is 0.493 e. The maximum Gasteiger partial charge on any atom is 0.319 e. The van der Waals surface area contributed by atoms with Gasteiger partial charge in [-0.15, -0.1) is 0 Å². The first-order chi connectivity index (χ1) is 16.0. The Bertz CT molecular complexity index is 1070. The van der Waals surface area contributed by atoms with Gasteiger partial charge in [-0.05, 0) is 24.6 Å². The van der Waals surface area contributed by atoms with Crippen molar-refractivity contribution < 1.29 is 19.0 Å². The van der Waals surface area contributed by atoms with E-state index in [1.54, 1.807) is 24.4 Å². The van der Waals surface area contributed by atoms with E-state index in [0.717, 1.165) is 5.56 Å². The molecule has 2 aromatic heterocycles. The number of hydrogen-bond donors (Lipinski definition) is 4. The number of rotatable bonds is 10. The van der Waals surface area contributed by atoms with Crippen molar-refractivity contribution in [3.63, 3.8) is 0 Å². The molecular formula is C22H27N7O4. The molecule has 0 saturated carbocycles. The van der Waals surface area contributed by atoms with Crippen molar-refractivity contribution in [2.45, 2.75) is 6.92 Å². The summed E-state index contributed by atoms with van der Waals surface area (Å²) in [4.78, 5) is 24.9. The Morgan fingerprint density at radius 1 is 0.879 bits per heavy atom. The topological polar surface area (TPSA) is 132 Å². The van der Waals surface area contributed by atoms with Gasteiger partial charge in [0.15, 0.2) is 11.5 Å². The Morgan fingerprint density at radius 2 is 1.58 bits per heavy atom. The minimum Gasteiger partial charge on any atom is -0.493 e. The highest BCUT2D eigenvalue weighted by Crippen LogP contribution is 2.39. The summed E-state index contributed by atoms with van der Waals surface area (Å²) in [6, 6.07) is 8.53. The van der Waals surface area contributed by atoms with Crippen LogP contribution >= 0.6 is 0 Å². The summed E-state index contributed by atoms with van der Waals surface area (Å²) in [7, 11) is 4.54. The second-order valence-corrected chi connectivity index (χ2v) is 6.85. The molecular weight excluding hydrogens is 426 g/mol. The van der Waals surface area contributed by atoms with Crippen LogP contribution in [0.4, 0.5) is 27.9 Å². The number of hydrogen-bond acceptors (Lipinski definition) is 9. The molecule has 0 saturated heterocycles. The number of carbonyl (C=O) groups excluding carboxylic acids is 1. The number of aromatic nitrogens is 3. The Labute approximate surface area is 191 Å². The van der Waals surface area contributed by atoms with Crippen LogP contribution in [0.3, 0.4) is 0 Å².